The molecule has 128 valence electrons. The Labute approximate surface area is 140 Å². The number of nitrogens with one attached hydrogen (secondary N) is 2. The summed E-state index contributed by atoms with van der Waals surface area (Å²) in [7, 11) is 0. The molecule has 0 radical (unpaired) electrons. The zero-order valence-corrected chi connectivity index (χ0v) is 14.4. The zero-order valence-electron chi connectivity index (χ0n) is 14.4. The Bertz CT molecular complexity index is 467. The number of ether oxygens (including phenoxy) is 1. The van der Waals surface area contributed by atoms with Crippen LogP contribution in [0.3, 0.4) is 0 Å². The summed E-state index contributed by atoms with van der Waals surface area (Å²) in [5.74, 6) is 2.22. The Morgan fingerprint density at radius 3 is 2.70 bits per heavy atom. The highest BCUT2D eigenvalue weighted by atomic mass is 16.5. The summed E-state index contributed by atoms with van der Waals surface area (Å²) in [6.07, 6.45) is 3.86. The molecule has 1 heterocycles. The van der Waals surface area contributed by atoms with Gasteiger partial charge < -0.3 is 15.4 Å². The van der Waals surface area contributed by atoms with Gasteiger partial charge in [0.1, 0.15) is 5.75 Å². The first-order valence-electron chi connectivity index (χ1n) is 8.82. The lowest BCUT2D eigenvalue weighted by Crippen LogP contribution is -2.33. The van der Waals surface area contributed by atoms with Gasteiger partial charge in [-0.05, 0) is 63.2 Å². The molecule has 2 rings (SSSR count). The maximum absolute atomic E-state index is 12.0. The second-order valence-electron chi connectivity index (χ2n) is 6.63. The number of rotatable bonds is 8. The van der Waals surface area contributed by atoms with Crippen LogP contribution in [0.2, 0.25) is 0 Å². The van der Waals surface area contributed by atoms with E-state index < -0.39 is 0 Å². The van der Waals surface area contributed by atoms with Crippen LogP contribution in [-0.2, 0) is 4.79 Å². The lowest BCUT2D eigenvalue weighted by Gasteiger charge is -2.27. The SMILES string of the molecule is Cc1ccc(OCCCNC(=O)CC(C)C2CCNCC2)cc1. The minimum atomic E-state index is 0.173. The number of hydrogen-bond acceptors (Lipinski definition) is 3. The molecule has 0 aromatic heterocycles. The van der Waals surface area contributed by atoms with Crippen LogP contribution in [0.15, 0.2) is 24.3 Å². The van der Waals surface area contributed by atoms with Gasteiger partial charge in [0.05, 0.1) is 6.61 Å². The maximum atomic E-state index is 12.0. The van der Waals surface area contributed by atoms with Crippen molar-refractivity contribution in [3.8, 4) is 5.75 Å². The average Bonchev–Trinajstić information content (AvgIpc) is 2.57. The fraction of sp³-hybridized carbons (Fsp3) is 0.632. The van der Waals surface area contributed by atoms with Crippen molar-refractivity contribution in [2.45, 2.75) is 39.5 Å². The Morgan fingerprint density at radius 1 is 1.30 bits per heavy atom. The topological polar surface area (TPSA) is 50.4 Å². The Hall–Kier alpha value is -1.55. The van der Waals surface area contributed by atoms with Gasteiger partial charge >= 0.3 is 0 Å². The molecule has 2 N–H and O–H groups in total. The molecule has 0 spiro atoms. The molecule has 0 aliphatic carbocycles. The number of benzene rings is 1. The summed E-state index contributed by atoms with van der Waals surface area (Å²) < 4.78 is 5.66. The van der Waals surface area contributed by atoms with Gasteiger partial charge in [0.15, 0.2) is 0 Å². The van der Waals surface area contributed by atoms with Crippen molar-refractivity contribution in [2.75, 3.05) is 26.2 Å². The predicted octanol–water partition coefficient (Wildman–Crippen LogP) is 2.91. The third-order valence-electron chi connectivity index (χ3n) is 4.63. The Morgan fingerprint density at radius 2 is 2.00 bits per heavy atom. The molecule has 1 fully saturated rings. The van der Waals surface area contributed by atoms with Crippen molar-refractivity contribution in [1.29, 1.82) is 0 Å². The summed E-state index contributed by atoms with van der Waals surface area (Å²) in [5, 5.41) is 6.39. The van der Waals surface area contributed by atoms with E-state index in [4.69, 9.17) is 4.74 Å². The summed E-state index contributed by atoms with van der Waals surface area (Å²) >= 11 is 0. The number of piperidine rings is 1. The van der Waals surface area contributed by atoms with E-state index >= 15 is 0 Å². The van der Waals surface area contributed by atoms with E-state index in [9.17, 15) is 4.79 Å². The molecular formula is C19H30N2O2. The number of hydrogen-bond donors (Lipinski definition) is 2. The number of carbonyl (C=O) groups excluding carboxylic acids is 1. The fourth-order valence-electron chi connectivity index (χ4n) is 3.07. The second kappa shape index (κ2) is 9.56. The van der Waals surface area contributed by atoms with E-state index in [2.05, 4.69) is 24.5 Å². The van der Waals surface area contributed by atoms with Gasteiger partial charge in [0, 0.05) is 13.0 Å². The highest BCUT2D eigenvalue weighted by Crippen LogP contribution is 2.24. The standard InChI is InChI=1S/C19H30N2O2/c1-15-4-6-18(7-5-15)23-13-3-10-21-19(22)14-16(2)17-8-11-20-12-9-17/h4-7,16-17,20H,3,8-14H2,1-2H3,(H,21,22). The lowest BCUT2D eigenvalue weighted by molar-refractivity contribution is -0.122. The minimum Gasteiger partial charge on any atom is -0.494 e. The lowest BCUT2D eigenvalue weighted by atomic mass is 9.84. The quantitative estimate of drug-likeness (QED) is 0.725. The Balaban J connectivity index is 1.54. The molecule has 1 aromatic rings. The normalized spacial score (nSPS) is 16.8. The minimum absolute atomic E-state index is 0.173. The summed E-state index contributed by atoms with van der Waals surface area (Å²) in [6, 6.07) is 8.04. The van der Waals surface area contributed by atoms with E-state index in [1.54, 1.807) is 0 Å². The monoisotopic (exact) mass is 318 g/mol. The number of carbonyl (C=O) groups is 1. The molecule has 23 heavy (non-hydrogen) atoms. The van der Waals surface area contributed by atoms with Gasteiger partial charge in [-0.3, -0.25) is 4.79 Å². The molecule has 1 aliphatic heterocycles. The van der Waals surface area contributed by atoms with Crippen molar-refractivity contribution in [1.82, 2.24) is 10.6 Å². The first-order valence-corrected chi connectivity index (χ1v) is 8.82. The van der Waals surface area contributed by atoms with Crippen molar-refractivity contribution in [3.63, 3.8) is 0 Å². The van der Waals surface area contributed by atoms with Crippen molar-refractivity contribution in [3.05, 3.63) is 29.8 Å². The molecule has 1 aliphatic rings. The fourth-order valence-corrected chi connectivity index (χ4v) is 3.07. The van der Waals surface area contributed by atoms with Gasteiger partial charge in [-0.25, -0.2) is 0 Å². The van der Waals surface area contributed by atoms with Crippen LogP contribution in [0.1, 0.15) is 38.2 Å². The molecule has 1 aromatic carbocycles. The zero-order chi connectivity index (χ0) is 16.5. The van der Waals surface area contributed by atoms with E-state index in [0.29, 0.717) is 31.4 Å². The van der Waals surface area contributed by atoms with E-state index in [1.165, 1.54) is 18.4 Å². The van der Waals surface area contributed by atoms with Crippen LogP contribution < -0.4 is 15.4 Å². The van der Waals surface area contributed by atoms with Crippen LogP contribution in [0, 0.1) is 18.8 Å². The molecule has 1 atom stereocenters. The summed E-state index contributed by atoms with van der Waals surface area (Å²) in [5.41, 5.74) is 1.23. The van der Waals surface area contributed by atoms with Gasteiger partial charge in [-0.2, -0.15) is 0 Å². The van der Waals surface area contributed by atoms with E-state index in [1.807, 2.05) is 24.3 Å². The molecule has 1 amide bonds. The van der Waals surface area contributed by atoms with Crippen LogP contribution in [0.25, 0.3) is 0 Å². The smallest absolute Gasteiger partial charge is 0.220 e. The van der Waals surface area contributed by atoms with Gasteiger partial charge in [0.2, 0.25) is 5.91 Å². The van der Waals surface area contributed by atoms with Crippen LogP contribution in [0.4, 0.5) is 0 Å². The Kier molecular flexibility index (Phi) is 7.40. The second-order valence-corrected chi connectivity index (χ2v) is 6.63. The first kappa shape index (κ1) is 17.8. The van der Waals surface area contributed by atoms with Crippen molar-refractivity contribution in [2.24, 2.45) is 11.8 Å². The van der Waals surface area contributed by atoms with Gasteiger partial charge in [-0.1, -0.05) is 24.6 Å². The molecule has 1 unspecified atom stereocenters. The molecular weight excluding hydrogens is 288 g/mol. The van der Waals surface area contributed by atoms with Crippen LogP contribution in [0.5, 0.6) is 5.75 Å². The third kappa shape index (κ3) is 6.61. The third-order valence-corrected chi connectivity index (χ3v) is 4.63. The van der Waals surface area contributed by atoms with Crippen LogP contribution >= 0.6 is 0 Å². The largest absolute Gasteiger partial charge is 0.494 e. The first-order chi connectivity index (χ1) is 11.1. The highest BCUT2D eigenvalue weighted by molar-refractivity contribution is 5.76. The van der Waals surface area contributed by atoms with Crippen LogP contribution in [-0.4, -0.2) is 32.1 Å². The van der Waals surface area contributed by atoms with E-state index in [0.717, 1.165) is 25.3 Å². The van der Waals surface area contributed by atoms with Crippen molar-refractivity contribution >= 4 is 5.91 Å². The van der Waals surface area contributed by atoms with Gasteiger partial charge in [0.25, 0.3) is 0 Å². The van der Waals surface area contributed by atoms with Crippen molar-refractivity contribution < 1.29 is 9.53 Å². The molecule has 4 heteroatoms. The average molecular weight is 318 g/mol. The molecule has 4 nitrogen and oxygen atoms in total. The summed E-state index contributed by atoms with van der Waals surface area (Å²) in [4.78, 5) is 12.0. The highest BCUT2D eigenvalue weighted by Gasteiger charge is 2.21. The van der Waals surface area contributed by atoms with E-state index in [-0.39, 0.29) is 5.91 Å². The number of amides is 1. The number of aryl methyl sites for hydroxylation is 1. The predicted molar refractivity (Wildman–Crippen MR) is 93.7 cm³/mol. The van der Waals surface area contributed by atoms with Gasteiger partial charge in [-0.15, -0.1) is 0 Å². The molecule has 1 saturated heterocycles. The molecule has 0 bridgehead atoms. The summed E-state index contributed by atoms with van der Waals surface area (Å²) in [6.45, 7) is 7.76. The molecule has 0 saturated carbocycles. The maximum Gasteiger partial charge on any atom is 0.220 e.